The number of benzene rings is 2. The van der Waals surface area contributed by atoms with Gasteiger partial charge < -0.3 is 9.84 Å². The lowest BCUT2D eigenvalue weighted by molar-refractivity contribution is 0.135. The van der Waals surface area contributed by atoms with E-state index in [0.717, 1.165) is 54.5 Å². The van der Waals surface area contributed by atoms with Gasteiger partial charge in [-0.15, -0.1) is 0 Å². The van der Waals surface area contributed by atoms with E-state index in [-0.39, 0.29) is 17.3 Å². The van der Waals surface area contributed by atoms with Crippen molar-refractivity contribution < 1.29 is 14.2 Å². The molecule has 1 heterocycles. The Morgan fingerprint density at radius 3 is 2.77 bits per heavy atom. The zero-order valence-corrected chi connectivity index (χ0v) is 18.6. The molecule has 2 nitrogen and oxygen atoms in total. The van der Waals surface area contributed by atoms with Crippen LogP contribution >= 0.6 is 0 Å². The Labute approximate surface area is 179 Å². The average Bonchev–Trinajstić information content (AvgIpc) is 2.68. The summed E-state index contributed by atoms with van der Waals surface area (Å²) in [5.74, 6) is 1.91. The minimum atomic E-state index is -0.332. The molecule has 1 aliphatic carbocycles. The standard InChI is InChI=1S/C27H33FO2/c1-17-12-13-22-21(14-17)26-24(29)15-20(16-25(26)30-27(22,3)4)18(2)8-7-10-19-9-5-6-11-23(19)28/h5-6,9,11,15-18,29H,7-8,10,12-14H2,1-4H3. The molecule has 3 heteroatoms. The Balaban J connectivity index is 1.55. The second-order valence-electron chi connectivity index (χ2n) is 9.72. The SMILES string of the molecule is CC1CCC2=C(C1)c1c(O)cc(C(C)CCCc3ccccc3F)cc1OC2(C)C. The van der Waals surface area contributed by atoms with Crippen molar-refractivity contribution in [3.63, 3.8) is 0 Å². The molecule has 0 radical (unpaired) electrons. The molecule has 2 aromatic carbocycles. The first-order chi connectivity index (χ1) is 14.3. The van der Waals surface area contributed by atoms with E-state index in [1.165, 1.54) is 23.6 Å². The molecule has 0 saturated heterocycles. The van der Waals surface area contributed by atoms with Crippen LogP contribution in [0.3, 0.4) is 0 Å². The van der Waals surface area contributed by atoms with Crippen LogP contribution < -0.4 is 4.74 Å². The van der Waals surface area contributed by atoms with Gasteiger partial charge in [0.05, 0.1) is 5.56 Å². The highest BCUT2D eigenvalue weighted by molar-refractivity contribution is 5.81. The van der Waals surface area contributed by atoms with Crippen molar-refractivity contribution in [2.45, 2.75) is 77.7 Å². The van der Waals surface area contributed by atoms with Gasteiger partial charge in [-0.3, -0.25) is 0 Å². The predicted molar refractivity (Wildman–Crippen MR) is 121 cm³/mol. The number of rotatable bonds is 5. The predicted octanol–water partition coefficient (Wildman–Crippen LogP) is 7.40. The van der Waals surface area contributed by atoms with Crippen molar-refractivity contribution in [1.29, 1.82) is 0 Å². The molecule has 2 unspecified atom stereocenters. The first kappa shape index (κ1) is 21.0. The van der Waals surface area contributed by atoms with E-state index in [2.05, 4.69) is 33.8 Å². The van der Waals surface area contributed by atoms with Gasteiger partial charge >= 0.3 is 0 Å². The minimum Gasteiger partial charge on any atom is -0.507 e. The number of phenols is 1. The maximum absolute atomic E-state index is 13.9. The van der Waals surface area contributed by atoms with Crippen LogP contribution in [0.4, 0.5) is 4.39 Å². The van der Waals surface area contributed by atoms with Crippen LogP contribution in [0.15, 0.2) is 42.0 Å². The van der Waals surface area contributed by atoms with Crippen LogP contribution in [0, 0.1) is 11.7 Å². The van der Waals surface area contributed by atoms with Gasteiger partial charge in [0.25, 0.3) is 0 Å². The zero-order chi connectivity index (χ0) is 21.5. The fourth-order valence-electron chi connectivity index (χ4n) is 5.13. The van der Waals surface area contributed by atoms with E-state index in [1.807, 2.05) is 18.2 Å². The third-order valence-electron chi connectivity index (χ3n) is 6.91. The molecule has 160 valence electrons. The van der Waals surface area contributed by atoms with Gasteiger partial charge in [-0.1, -0.05) is 32.0 Å². The lowest BCUT2D eigenvalue weighted by atomic mass is 9.74. The molecular weight excluding hydrogens is 375 g/mol. The highest BCUT2D eigenvalue weighted by atomic mass is 19.1. The highest BCUT2D eigenvalue weighted by Gasteiger charge is 2.38. The van der Waals surface area contributed by atoms with Gasteiger partial charge in [-0.2, -0.15) is 0 Å². The number of ether oxygens (including phenoxy) is 1. The van der Waals surface area contributed by atoms with E-state index in [1.54, 1.807) is 6.07 Å². The summed E-state index contributed by atoms with van der Waals surface area (Å²) >= 11 is 0. The van der Waals surface area contributed by atoms with Gasteiger partial charge in [0.2, 0.25) is 0 Å². The molecule has 2 aromatic rings. The summed E-state index contributed by atoms with van der Waals surface area (Å²) in [6, 6.07) is 11.0. The zero-order valence-electron chi connectivity index (χ0n) is 18.6. The summed E-state index contributed by atoms with van der Waals surface area (Å²) in [6.45, 7) is 8.74. The second-order valence-corrected chi connectivity index (χ2v) is 9.72. The Bertz CT molecular complexity index is 973. The van der Waals surface area contributed by atoms with Gasteiger partial charge in [-0.05, 0) is 105 Å². The topological polar surface area (TPSA) is 29.5 Å². The smallest absolute Gasteiger partial charge is 0.132 e. The molecule has 2 atom stereocenters. The van der Waals surface area contributed by atoms with Crippen LogP contribution in [-0.4, -0.2) is 10.7 Å². The Morgan fingerprint density at radius 2 is 2.00 bits per heavy atom. The van der Waals surface area contributed by atoms with Crippen molar-refractivity contribution in [1.82, 2.24) is 0 Å². The Hall–Kier alpha value is -2.29. The second kappa shape index (κ2) is 8.09. The van der Waals surface area contributed by atoms with Crippen molar-refractivity contribution in [2.75, 3.05) is 0 Å². The normalized spacial score (nSPS) is 20.9. The maximum Gasteiger partial charge on any atom is 0.132 e. The van der Waals surface area contributed by atoms with E-state index < -0.39 is 0 Å². The summed E-state index contributed by atoms with van der Waals surface area (Å²) in [4.78, 5) is 0. The van der Waals surface area contributed by atoms with Gasteiger partial charge in [0.15, 0.2) is 0 Å². The van der Waals surface area contributed by atoms with E-state index in [0.29, 0.717) is 11.7 Å². The summed E-state index contributed by atoms with van der Waals surface area (Å²) in [5.41, 5.74) is 5.06. The van der Waals surface area contributed by atoms with Crippen LogP contribution in [-0.2, 0) is 6.42 Å². The third-order valence-corrected chi connectivity index (χ3v) is 6.91. The number of hydrogen-bond donors (Lipinski definition) is 1. The van der Waals surface area contributed by atoms with E-state index in [9.17, 15) is 9.50 Å². The number of phenolic OH excluding ortho intramolecular Hbond substituents is 1. The number of fused-ring (bicyclic) bond motifs is 2. The molecule has 0 amide bonds. The average molecular weight is 409 g/mol. The number of hydrogen-bond acceptors (Lipinski definition) is 2. The summed E-state index contributed by atoms with van der Waals surface area (Å²) in [5, 5.41) is 11.0. The Morgan fingerprint density at radius 1 is 1.23 bits per heavy atom. The molecule has 0 saturated carbocycles. The third kappa shape index (κ3) is 3.99. The first-order valence-corrected chi connectivity index (χ1v) is 11.3. The quantitative estimate of drug-likeness (QED) is 0.558. The molecule has 4 rings (SSSR count). The first-order valence-electron chi connectivity index (χ1n) is 11.3. The molecular formula is C27H33FO2. The highest BCUT2D eigenvalue weighted by Crippen LogP contribution is 2.52. The lowest BCUT2D eigenvalue weighted by Crippen LogP contribution is -2.36. The molecule has 0 bridgehead atoms. The molecule has 30 heavy (non-hydrogen) atoms. The Kier molecular flexibility index (Phi) is 5.65. The van der Waals surface area contributed by atoms with Crippen molar-refractivity contribution in [3.8, 4) is 11.5 Å². The monoisotopic (exact) mass is 408 g/mol. The van der Waals surface area contributed by atoms with Crippen LogP contribution in [0.5, 0.6) is 11.5 Å². The molecule has 0 aromatic heterocycles. The van der Waals surface area contributed by atoms with Gasteiger partial charge in [0, 0.05) is 0 Å². The molecule has 2 aliphatic rings. The van der Waals surface area contributed by atoms with Crippen molar-refractivity contribution in [2.24, 2.45) is 5.92 Å². The lowest BCUT2D eigenvalue weighted by Gasteiger charge is -2.41. The van der Waals surface area contributed by atoms with Gasteiger partial charge in [0.1, 0.15) is 22.9 Å². The van der Waals surface area contributed by atoms with E-state index >= 15 is 0 Å². The molecule has 1 aliphatic heterocycles. The number of halogens is 1. The number of aryl methyl sites for hydroxylation is 1. The summed E-state index contributed by atoms with van der Waals surface area (Å²) in [7, 11) is 0. The van der Waals surface area contributed by atoms with Gasteiger partial charge in [-0.25, -0.2) is 4.39 Å². The summed E-state index contributed by atoms with van der Waals surface area (Å²) < 4.78 is 20.3. The molecule has 0 spiro atoms. The molecule has 0 fully saturated rings. The largest absolute Gasteiger partial charge is 0.507 e. The fraction of sp³-hybridized carbons (Fsp3) is 0.481. The number of aromatic hydroxyl groups is 1. The number of allylic oxidation sites excluding steroid dienone is 1. The summed E-state index contributed by atoms with van der Waals surface area (Å²) in [6.07, 6.45) is 5.78. The minimum absolute atomic E-state index is 0.127. The molecule has 1 N–H and O–H groups in total. The van der Waals surface area contributed by atoms with Crippen molar-refractivity contribution >= 4 is 5.57 Å². The van der Waals surface area contributed by atoms with Crippen molar-refractivity contribution in [3.05, 3.63) is 64.5 Å². The van der Waals surface area contributed by atoms with Crippen LogP contribution in [0.2, 0.25) is 0 Å². The van der Waals surface area contributed by atoms with E-state index in [4.69, 9.17) is 4.74 Å². The fourth-order valence-corrected chi connectivity index (χ4v) is 5.13. The van der Waals surface area contributed by atoms with Crippen LogP contribution in [0.1, 0.15) is 82.4 Å². The maximum atomic E-state index is 13.9. The van der Waals surface area contributed by atoms with Crippen LogP contribution in [0.25, 0.3) is 5.57 Å².